The SMILES string of the molecule is COc1ccc(F)cc1NC1CCN(C(=O)OC(C)(C)C)CC1. The van der Waals surface area contributed by atoms with E-state index in [1.807, 2.05) is 20.8 Å². The first kappa shape index (κ1) is 17.4. The van der Waals surface area contributed by atoms with Crippen molar-refractivity contribution in [3.05, 3.63) is 24.0 Å². The summed E-state index contributed by atoms with van der Waals surface area (Å²) in [6.07, 6.45) is 1.27. The van der Waals surface area contributed by atoms with E-state index in [0.717, 1.165) is 12.8 Å². The minimum absolute atomic E-state index is 0.171. The van der Waals surface area contributed by atoms with Crippen LogP contribution in [0.15, 0.2) is 18.2 Å². The molecule has 1 saturated heterocycles. The number of piperidine rings is 1. The first-order valence-electron chi connectivity index (χ1n) is 7.86. The summed E-state index contributed by atoms with van der Waals surface area (Å²) < 4.78 is 24.0. The molecule has 1 aliphatic rings. The monoisotopic (exact) mass is 324 g/mol. The highest BCUT2D eigenvalue weighted by Gasteiger charge is 2.27. The third-order valence-electron chi connectivity index (χ3n) is 3.67. The summed E-state index contributed by atoms with van der Waals surface area (Å²) in [5.74, 6) is 0.306. The average Bonchev–Trinajstić information content (AvgIpc) is 2.46. The summed E-state index contributed by atoms with van der Waals surface area (Å²) in [7, 11) is 1.56. The van der Waals surface area contributed by atoms with Crippen molar-refractivity contribution in [1.82, 2.24) is 4.90 Å². The van der Waals surface area contributed by atoms with Crippen molar-refractivity contribution < 1.29 is 18.7 Å². The number of likely N-dealkylation sites (tertiary alicyclic amines) is 1. The number of amides is 1. The van der Waals surface area contributed by atoms with Crippen LogP contribution in [-0.2, 0) is 4.74 Å². The lowest BCUT2D eigenvalue weighted by atomic mass is 10.0. The second-order valence-electron chi connectivity index (χ2n) is 6.73. The van der Waals surface area contributed by atoms with E-state index in [2.05, 4.69) is 5.32 Å². The van der Waals surface area contributed by atoms with E-state index < -0.39 is 5.60 Å². The lowest BCUT2D eigenvalue weighted by molar-refractivity contribution is 0.0210. The Morgan fingerprint density at radius 3 is 2.52 bits per heavy atom. The number of ether oxygens (including phenoxy) is 2. The normalized spacial score (nSPS) is 16.1. The second-order valence-corrected chi connectivity index (χ2v) is 6.73. The first-order valence-corrected chi connectivity index (χ1v) is 7.86. The first-order chi connectivity index (χ1) is 10.8. The third-order valence-corrected chi connectivity index (χ3v) is 3.67. The second kappa shape index (κ2) is 7.06. The number of nitrogens with one attached hydrogen (secondary N) is 1. The van der Waals surface area contributed by atoms with Gasteiger partial charge in [0.2, 0.25) is 0 Å². The maximum Gasteiger partial charge on any atom is 0.410 e. The van der Waals surface area contributed by atoms with Gasteiger partial charge < -0.3 is 19.7 Å². The Bertz CT molecular complexity index is 549. The zero-order valence-electron chi connectivity index (χ0n) is 14.2. The molecule has 1 aromatic carbocycles. The number of anilines is 1. The topological polar surface area (TPSA) is 50.8 Å². The fourth-order valence-corrected chi connectivity index (χ4v) is 2.55. The van der Waals surface area contributed by atoms with Gasteiger partial charge in [-0.2, -0.15) is 0 Å². The van der Waals surface area contributed by atoms with Gasteiger partial charge in [-0.25, -0.2) is 9.18 Å². The van der Waals surface area contributed by atoms with Crippen molar-refractivity contribution in [3.63, 3.8) is 0 Å². The molecule has 0 radical (unpaired) electrons. The predicted octanol–water partition coefficient (Wildman–Crippen LogP) is 3.65. The number of hydrogen-bond acceptors (Lipinski definition) is 4. The minimum atomic E-state index is -0.485. The number of carbonyl (C=O) groups is 1. The van der Waals surface area contributed by atoms with Crippen LogP contribution in [0, 0.1) is 5.82 Å². The van der Waals surface area contributed by atoms with Crippen molar-refractivity contribution in [2.75, 3.05) is 25.5 Å². The zero-order valence-corrected chi connectivity index (χ0v) is 14.2. The fourth-order valence-electron chi connectivity index (χ4n) is 2.55. The predicted molar refractivity (Wildman–Crippen MR) is 87.4 cm³/mol. The summed E-state index contributed by atoms with van der Waals surface area (Å²) in [6.45, 7) is 6.80. The van der Waals surface area contributed by atoms with Gasteiger partial charge in [0.1, 0.15) is 17.2 Å². The smallest absolute Gasteiger partial charge is 0.410 e. The number of hydrogen-bond donors (Lipinski definition) is 1. The molecule has 5 nitrogen and oxygen atoms in total. The van der Waals surface area contributed by atoms with E-state index >= 15 is 0 Å². The molecule has 1 aromatic rings. The van der Waals surface area contributed by atoms with Gasteiger partial charge in [-0.15, -0.1) is 0 Å². The van der Waals surface area contributed by atoms with Crippen LogP contribution in [0.5, 0.6) is 5.75 Å². The summed E-state index contributed by atoms with van der Waals surface area (Å²) >= 11 is 0. The quantitative estimate of drug-likeness (QED) is 0.922. The molecule has 0 atom stereocenters. The Morgan fingerprint density at radius 2 is 1.96 bits per heavy atom. The van der Waals surface area contributed by atoms with E-state index in [1.54, 1.807) is 18.1 Å². The van der Waals surface area contributed by atoms with Gasteiger partial charge in [0.05, 0.1) is 12.8 Å². The number of nitrogens with zero attached hydrogens (tertiary/aromatic N) is 1. The van der Waals surface area contributed by atoms with Crippen molar-refractivity contribution in [1.29, 1.82) is 0 Å². The van der Waals surface area contributed by atoms with Crippen LogP contribution in [0.4, 0.5) is 14.9 Å². The van der Waals surface area contributed by atoms with Gasteiger partial charge in [0.15, 0.2) is 0 Å². The molecule has 0 spiro atoms. The summed E-state index contributed by atoms with van der Waals surface area (Å²) in [5.41, 5.74) is 0.157. The van der Waals surface area contributed by atoms with Crippen molar-refractivity contribution in [2.45, 2.75) is 45.3 Å². The van der Waals surface area contributed by atoms with Gasteiger partial charge in [-0.05, 0) is 45.7 Å². The molecule has 128 valence electrons. The molecule has 0 bridgehead atoms. The van der Waals surface area contributed by atoms with Gasteiger partial charge in [0.25, 0.3) is 0 Å². The van der Waals surface area contributed by atoms with E-state index in [4.69, 9.17) is 9.47 Å². The van der Waals surface area contributed by atoms with Crippen LogP contribution < -0.4 is 10.1 Å². The molecule has 2 rings (SSSR count). The third kappa shape index (κ3) is 5.01. The minimum Gasteiger partial charge on any atom is -0.495 e. The van der Waals surface area contributed by atoms with E-state index in [9.17, 15) is 9.18 Å². The molecule has 0 saturated carbocycles. The van der Waals surface area contributed by atoms with Gasteiger partial charge in [0, 0.05) is 25.2 Å². The fraction of sp³-hybridized carbons (Fsp3) is 0.588. The standard InChI is InChI=1S/C17H25FN2O3/c1-17(2,3)23-16(21)20-9-7-13(8-10-20)19-14-11-12(18)5-6-15(14)22-4/h5-6,11,13,19H,7-10H2,1-4H3. The molecular formula is C17H25FN2O3. The lowest BCUT2D eigenvalue weighted by Crippen LogP contribution is -2.44. The highest BCUT2D eigenvalue weighted by molar-refractivity contribution is 5.68. The molecule has 0 aromatic heterocycles. The van der Waals surface area contributed by atoms with Crippen molar-refractivity contribution in [3.8, 4) is 5.75 Å². The highest BCUT2D eigenvalue weighted by Crippen LogP contribution is 2.27. The van der Waals surface area contributed by atoms with Gasteiger partial charge >= 0.3 is 6.09 Å². The molecule has 6 heteroatoms. The van der Waals surface area contributed by atoms with Gasteiger partial charge in [-0.3, -0.25) is 0 Å². The van der Waals surface area contributed by atoms with Crippen molar-refractivity contribution >= 4 is 11.8 Å². The molecule has 1 N–H and O–H groups in total. The molecule has 23 heavy (non-hydrogen) atoms. The Hall–Kier alpha value is -1.98. The van der Waals surface area contributed by atoms with Crippen molar-refractivity contribution in [2.24, 2.45) is 0 Å². The Balaban J connectivity index is 1.90. The van der Waals surface area contributed by atoms with E-state index in [0.29, 0.717) is 24.5 Å². The Kier molecular flexibility index (Phi) is 5.34. The van der Waals surface area contributed by atoms with Gasteiger partial charge in [-0.1, -0.05) is 0 Å². The highest BCUT2D eigenvalue weighted by atomic mass is 19.1. The number of methoxy groups -OCH3 is 1. The Morgan fingerprint density at radius 1 is 1.30 bits per heavy atom. The number of rotatable bonds is 3. The summed E-state index contributed by atoms with van der Waals surface area (Å²) in [4.78, 5) is 13.8. The number of carbonyl (C=O) groups excluding carboxylic acids is 1. The number of halogens is 1. The maximum atomic E-state index is 13.4. The van der Waals surface area contributed by atoms with Crippen LogP contribution in [-0.4, -0.2) is 42.8 Å². The van der Waals surface area contributed by atoms with E-state index in [-0.39, 0.29) is 18.0 Å². The van der Waals surface area contributed by atoms with Crippen LogP contribution >= 0.6 is 0 Å². The van der Waals surface area contributed by atoms with E-state index in [1.165, 1.54) is 12.1 Å². The molecule has 0 aliphatic carbocycles. The summed E-state index contributed by atoms with van der Waals surface area (Å²) in [6, 6.07) is 4.58. The summed E-state index contributed by atoms with van der Waals surface area (Å²) in [5, 5.41) is 3.31. The maximum absolute atomic E-state index is 13.4. The molecule has 1 amide bonds. The lowest BCUT2D eigenvalue weighted by Gasteiger charge is -2.34. The largest absolute Gasteiger partial charge is 0.495 e. The molecule has 1 heterocycles. The zero-order chi connectivity index (χ0) is 17.0. The molecule has 1 fully saturated rings. The van der Waals surface area contributed by atoms with Crippen LogP contribution in [0.1, 0.15) is 33.6 Å². The number of benzene rings is 1. The van der Waals surface area contributed by atoms with Crippen LogP contribution in [0.3, 0.4) is 0 Å². The average molecular weight is 324 g/mol. The van der Waals surface area contributed by atoms with Crippen LogP contribution in [0.25, 0.3) is 0 Å². The molecule has 1 aliphatic heterocycles. The Labute approximate surface area is 136 Å². The molecule has 0 unspecified atom stereocenters. The van der Waals surface area contributed by atoms with Crippen LogP contribution in [0.2, 0.25) is 0 Å². The molecular weight excluding hydrogens is 299 g/mol.